The highest BCUT2D eigenvalue weighted by Crippen LogP contribution is 2.68. The molecule has 1 saturated heterocycles. The van der Waals surface area contributed by atoms with Gasteiger partial charge in [-0.05, 0) is 40.7 Å². The van der Waals surface area contributed by atoms with E-state index in [4.69, 9.17) is 0 Å². The first-order valence-electron chi connectivity index (χ1n) is 11.8. The molecule has 1 amide bonds. The Bertz CT molecular complexity index is 1160. The van der Waals surface area contributed by atoms with Crippen molar-refractivity contribution in [2.75, 3.05) is 6.54 Å². The van der Waals surface area contributed by atoms with Gasteiger partial charge in [0.1, 0.15) is 0 Å². The summed E-state index contributed by atoms with van der Waals surface area (Å²) in [5.74, 6) is 0.908. The molecule has 4 aliphatic rings. The second kappa shape index (κ2) is 6.93. The molecule has 3 aromatic rings. The SMILES string of the molecule is C=CCN1C(=O)[C@@H]2[C@@H](C3c4ccccc4C2([C@H](C)c2ccccc2)c2ccccc23)[C@H]1C. The van der Waals surface area contributed by atoms with Crippen molar-refractivity contribution >= 4 is 5.91 Å². The number of nitrogens with zero attached hydrogens (tertiary/aromatic N) is 1. The van der Waals surface area contributed by atoms with Crippen molar-refractivity contribution in [1.82, 2.24) is 4.90 Å². The van der Waals surface area contributed by atoms with Crippen LogP contribution in [0.2, 0.25) is 0 Å². The van der Waals surface area contributed by atoms with E-state index in [-0.39, 0.29) is 35.1 Å². The lowest BCUT2D eigenvalue weighted by Gasteiger charge is -2.58. The first-order chi connectivity index (χ1) is 15.6. The molecular weight excluding hydrogens is 390 g/mol. The highest BCUT2D eigenvalue weighted by molar-refractivity contribution is 5.88. The largest absolute Gasteiger partial charge is 0.336 e. The maximum Gasteiger partial charge on any atom is 0.227 e. The van der Waals surface area contributed by atoms with Crippen LogP contribution in [-0.2, 0) is 10.2 Å². The standard InChI is InChI=1S/C30H29NO/c1-4-18-31-20(3)26-27-22-14-8-10-16-24(22)30(28(26)29(31)32,25-17-11-9-15-23(25)27)19(2)21-12-6-5-7-13-21/h4-17,19-20,26-28H,1,18H2,2-3H3/t19-,20-,26-,27?,28+,30?/m1/s1. The fourth-order valence-electron chi connectivity index (χ4n) is 7.49. The van der Waals surface area contributed by atoms with E-state index in [0.29, 0.717) is 12.5 Å². The van der Waals surface area contributed by atoms with E-state index in [1.165, 1.54) is 27.8 Å². The second-order valence-corrected chi connectivity index (χ2v) is 9.73. The summed E-state index contributed by atoms with van der Waals surface area (Å²) in [6, 6.07) is 28.8. The minimum atomic E-state index is -0.380. The summed E-state index contributed by atoms with van der Waals surface area (Å²) in [5.41, 5.74) is 6.43. The Kier molecular flexibility index (Phi) is 4.24. The molecule has 160 valence electrons. The van der Waals surface area contributed by atoms with Gasteiger partial charge in [-0.1, -0.05) is 91.9 Å². The van der Waals surface area contributed by atoms with Gasteiger partial charge in [0.2, 0.25) is 5.91 Å². The van der Waals surface area contributed by atoms with Crippen LogP contribution in [0.25, 0.3) is 0 Å². The molecule has 0 saturated carbocycles. The zero-order chi connectivity index (χ0) is 22.0. The average Bonchev–Trinajstić information content (AvgIpc) is 3.10. The van der Waals surface area contributed by atoms with Crippen LogP contribution < -0.4 is 0 Å². The molecule has 2 nitrogen and oxygen atoms in total. The van der Waals surface area contributed by atoms with E-state index in [2.05, 4.69) is 104 Å². The molecule has 3 aliphatic carbocycles. The summed E-state index contributed by atoms with van der Waals surface area (Å²) in [6.07, 6.45) is 1.88. The van der Waals surface area contributed by atoms with E-state index in [0.717, 1.165) is 0 Å². The number of likely N-dealkylation sites (tertiary alicyclic amines) is 1. The van der Waals surface area contributed by atoms with Gasteiger partial charge in [-0.2, -0.15) is 0 Å². The van der Waals surface area contributed by atoms with Gasteiger partial charge in [0.15, 0.2) is 0 Å². The third-order valence-corrected chi connectivity index (χ3v) is 8.65. The van der Waals surface area contributed by atoms with Crippen molar-refractivity contribution in [2.24, 2.45) is 11.8 Å². The third-order valence-electron chi connectivity index (χ3n) is 8.65. The smallest absolute Gasteiger partial charge is 0.227 e. The van der Waals surface area contributed by atoms with E-state index in [1.807, 2.05) is 6.08 Å². The molecule has 4 atom stereocenters. The molecule has 0 radical (unpaired) electrons. The van der Waals surface area contributed by atoms with Gasteiger partial charge in [-0.15, -0.1) is 6.58 Å². The van der Waals surface area contributed by atoms with Crippen LogP contribution in [0.15, 0.2) is 91.5 Å². The van der Waals surface area contributed by atoms with Crippen LogP contribution in [0.1, 0.15) is 53.5 Å². The first kappa shape index (κ1) is 19.5. The molecule has 32 heavy (non-hydrogen) atoms. The molecule has 1 aliphatic heterocycles. The predicted octanol–water partition coefficient (Wildman–Crippen LogP) is 5.88. The zero-order valence-electron chi connectivity index (χ0n) is 18.7. The minimum absolute atomic E-state index is 0.0672. The van der Waals surface area contributed by atoms with E-state index < -0.39 is 0 Å². The monoisotopic (exact) mass is 419 g/mol. The van der Waals surface area contributed by atoms with Gasteiger partial charge in [0.05, 0.1) is 5.92 Å². The highest BCUT2D eigenvalue weighted by Gasteiger charge is 2.68. The van der Waals surface area contributed by atoms with Crippen LogP contribution in [0.5, 0.6) is 0 Å². The van der Waals surface area contributed by atoms with Gasteiger partial charge >= 0.3 is 0 Å². The van der Waals surface area contributed by atoms with Gasteiger partial charge in [0.25, 0.3) is 0 Å². The van der Waals surface area contributed by atoms with Crippen LogP contribution in [-0.4, -0.2) is 23.4 Å². The van der Waals surface area contributed by atoms with Gasteiger partial charge in [-0.3, -0.25) is 4.79 Å². The normalized spacial score (nSPS) is 30.4. The molecule has 2 heteroatoms. The molecule has 3 aromatic carbocycles. The maximum atomic E-state index is 14.2. The Morgan fingerprint density at radius 2 is 1.50 bits per heavy atom. The summed E-state index contributed by atoms with van der Waals surface area (Å²) in [5, 5.41) is 0. The summed E-state index contributed by atoms with van der Waals surface area (Å²) in [6.45, 7) is 9.14. The number of hydrogen-bond donors (Lipinski definition) is 0. The van der Waals surface area contributed by atoms with Crippen molar-refractivity contribution in [1.29, 1.82) is 0 Å². The average molecular weight is 420 g/mol. The highest BCUT2D eigenvalue weighted by atomic mass is 16.2. The molecule has 1 fully saturated rings. The van der Waals surface area contributed by atoms with Gasteiger partial charge in [-0.25, -0.2) is 0 Å². The molecule has 0 N–H and O–H groups in total. The molecule has 0 spiro atoms. The predicted molar refractivity (Wildman–Crippen MR) is 129 cm³/mol. The number of amides is 1. The van der Waals surface area contributed by atoms with Crippen molar-refractivity contribution in [3.05, 3.63) is 119 Å². The van der Waals surface area contributed by atoms with E-state index >= 15 is 0 Å². The number of rotatable bonds is 4. The molecule has 0 aromatic heterocycles. The molecule has 0 unspecified atom stereocenters. The second-order valence-electron chi connectivity index (χ2n) is 9.73. The van der Waals surface area contributed by atoms with Crippen LogP contribution in [0.4, 0.5) is 0 Å². The minimum Gasteiger partial charge on any atom is -0.336 e. The molecule has 1 heterocycles. The number of carbonyl (C=O) groups excluding carboxylic acids is 1. The topological polar surface area (TPSA) is 20.3 Å². The quantitative estimate of drug-likeness (QED) is 0.483. The molecule has 2 bridgehead atoms. The molecular formula is C30H29NO. The van der Waals surface area contributed by atoms with Crippen molar-refractivity contribution in [2.45, 2.75) is 37.1 Å². The fraction of sp³-hybridized carbons (Fsp3) is 0.300. The van der Waals surface area contributed by atoms with Crippen molar-refractivity contribution in [3.8, 4) is 0 Å². The van der Waals surface area contributed by atoms with Crippen LogP contribution in [0, 0.1) is 11.8 Å². The summed E-state index contributed by atoms with van der Waals surface area (Å²) >= 11 is 0. The van der Waals surface area contributed by atoms with E-state index in [1.54, 1.807) is 0 Å². The Hall–Kier alpha value is -3.13. The van der Waals surface area contributed by atoms with Gasteiger partial charge < -0.3 is 4.90 Å². The Morgan fingerprint density at radius 3 is 2.09 bits per heavy atom. The number of carbonyl (C=O) groups is 1. The number of benzene rings is 3. The summed E-state index contributed by atoms with van der Waals surface area (Å²) in [4.78, 5) is 16.3. The van der Waals surface area contributed by atoms with E-state index in [9.17, 15) is 4.79 Å². The zero-order valence-corrected chi connectivity index (χ0v) is 18.7. The van der Waals surface area contributed by atoms with Gasteiger partial charge in [0, 0.05) is 29.8 Å². The Labute approximate surface area is 190 Å². The lowest BCUT2D eigenvalue weighted by Crippen LogP contribution is -2.56. The number of hydrogen-bond acceptors (Lipinski definition) is 1. The Balaban J connectivity index is 1.71. The maximum absolute atomic E-state index is 14.2. The Morgan fingerprint density at radius 1 is 0.938 bits per heavy atom. The van der Waals surface area contributed by atoms with Crippen molar-refractivity contribution in [3.63, 3.8) is 0 Å². The van der Waals surface area contributed by atoms with Crippen molar-refractivity contribution < 1.29 is 4.79 Å². The third kappa shape index (κ3) is 2.23. The molecule has 7 rings (SSSR count). The van der Waals surface area contributed by atoms with Crippen LogP contribution >= 0.6 is 0 Å². The van der Waals surface area contributed by atoms with Crippen LogP contribution in [0.3, 0.4) is 0 Å². The lowest BCUT2D eigenvalue weighted by atomic mass is 9.43. The summed E-state index contributed by atoms with van der Waals surface area (Å²) < 4.78 is 0. The fourth-order valence-corrected chi connectivity index (χ4v) is 7.49. The summed E-state index contributed by atoms with van der Waals surface area (Å²) in [7, 11) is 0. The first-order valence-corrected chi connectivity index (χ1v) is 11.8. The lowest BCUT2D eigenvalue weighted by molar-refractivity contribution is -0.133.